The molecular weight excluding hydrogens is 208 g/mol. The second kappa shape index (κ2) is 6.19. The van der Waals surface area contributed by atoms with Gasteiger partial charge < -0.3 is 0 Å². The molecular formula is C11H16N2O3. The fourth-order valence-corrected chi connectivity index (χ4v) is 1.01. The van der Waals surface area contributed by atoms with Gasteiger partial charge in [0.1, 0.15) is 0 Å². The largest absolute Gasteiger partial charge is 0.305 e. The second-order valence-corrected chi connectivity index (χ2v) is 3.31. The number of aromatic nitrogens is 1. The number of carbonyl (C=O) groups excluding carboxylic acids is 1. The minimum absolute atomic E-state index is 0.0828. The maximum absolute atomic E-state index is 11.9. The minimum Gasteiger partial charge on any atom is -0.264 e. The Hall–Kier alpha value is -1.46. The van der Waals surface area contributed by atoms with Gasteiger partial charge in [-0.05, 0) is 25.5 Å². The Kier molecular flexibility index (Phi) is 4.88. The number of pyridine rings is 1. The molecule has 1 rings (SSSR count). The van der Waals surface area contributed by atoms with Gasteiger partial charge in [-0.3, -0.25) is 9.78 Å². The summed E-state index contributed by atoms with van der Waals surface area (Å²) >= 11 is 0. The van der Waals surface area contributed by atoms with E-state index >= 15 is 0 Å². The van der Waals surface area contributed by atoms with Crippen molar-refractivity contribution in [2.75, 3.05) is 7.11 Å². The van der Waals surface area contributed by atoms with Crippen molar-refractivity contribution in [3.8, 4) is 0 Å². The zero-order valence-electron chi connectivity index (χ0n) is 9.71. The predicted molar refractivity (Wildman–Crippen MR) is 58.3 cm³/mol. The molecule has 0 bridgehead atoms. The van der Waals surface area contributed by atoms with E-state index in [0.29, 0.717) is 5.56 Å². The van der Waals surface area contributed by atoms with Crippen molar-refractivity contribution in [1.82, 2.24) is 10.2 Å². The topological polar surface area (TPSA) is 51.7 Å². The van der Waals surface area contributed by atoms with Gasteiger partial charge in [-0.2, -0.15) is 0 Å². The number of hydrogen-bond acceptors (Lipinski definition) is 4. The molecule has 1 unspecified atom stereocenters. The van der Waals surface area contributed by atoms with Crippen molar-refractivity contribution in [3.63, 3.8) is 0 Å². The number of hydrogen-bond donors (Lipinski definition) is 0. The monoisotopic (exact) mass is 224 g/mol. The maximum atomic E-state index is 11.9. The van der Waals surface area contributed by atoms with E-state index in [2.05, 4.69) is 4.98 Å². The van der Waals surface area contributed by atoms with Crippen molar-refractivity contribution >= 4 is 5.91 Å². The van der Waals surface area contributed by atoms with Gasteiger partial charge in [-0.25, -0.2) is 9.68 Å². The lowest BCUT2D eigenvalue weighted by molar-refractivity contribution is -0.332. The van der Waals surface area contributed by atoms with Gasteiger partial charge in [-0.15, -0.1) is 0 Å². The normalized spacial score (nSPS) is 12.2. The number of amides is 1. The van der Waals surface area contributed by atoms with Gasteiger partial charge in [0.15, 0.2) is 0 Å². The van der Waals surface area contributed by atoms with E-state index in [1.165, 1.54) is 13.3 Å². The molecule has 0 saturated carbocycles. The maximum Gasteiger partial charge on any atom is 0.305 e. The van der Waals surface area contributed by atoms with Gasteiger partial charge in [0.25, 0.3) is 0 Å². The van der Waals surface area contributed by atoms with E-state index in [9.17, 15) is 4.79 Å². The molecule has 0 saturated heterocycles. The van der Waals surface area contributed by atoms with Crippen molar-refractivity contribution in [2.24, 2.45) is 0 Å². The van der Waals surface area contributed by atoms with Crippen LogP contribution in [0.5, 0.6) is 0 Å². The van der Waals surface area contributed by atoms with E-state index in [-0.39, 0.29) is 12.0 Å². The lowest BCUT2D eigenvalue weighted by Crippen LogP contribution is -2.33. The van der Waals surface area contributed by atoms with Crippen molar-refractivity contribution in [2.45, 2.75) is 26.4 Å². The first-order chi connectivity index (χ1) is 7.69. The molecule has 5 nitrogen and oxygen atoms in total. The number of hydroxylamine groups is 2. The minimum atomic E-state index is -0.365. The summed E-state index contributed by atoms with van der Waals surface area (Å²) in [5, 5.41) is 0.880. The standard InChI is InChI=1S/C11H16N2O3/c1-4-9(2)16-13(15-3)11(14)10-6-5-7-12-8-10/h5-9H,4H2,1-3H3. The van der Waals surface area contributed by atoms with Gasteiger partial charge in [0.2, 0.25) is 0 Å². The molecule has 0 fully saturated rings. The Morgan fingerprint density at radius 3 is 2.88 bits per heavy atom. The fraction of sp³-hybridized carbons (Fsp3) is 0.455. The molecule has 88 valence electrons. The summed E-state index contributed by atoms with van der Waals surface area (Å²) in [7, 11) is 1.39. The zero-order valence-corrected chi connectivity index (χ0v) is 9.71. The Morgan fingerprint density at radius 2 is 2.38 bits per heavy atom. The van der Waals surface area contributed by atoms with Crippen LogP contribution in [0, 0.1) is 0 Å². The third kappa shape index (κ3) is 3.29. The molecule has 0 radical (unpaired) electrons. The van der Waals surface area contributed by atoms with E-state index in [4.69, 9.17) is 9.68 Å². The van der Waals surface area contributed by atoms with Crippen LogP contribution in [0.4, 0.5) is 0 Å². The molecule has 5 heteroatoms. The summed E-state index contributed by atoms with van der Waals surface area (Å²) in [4.78, 5) is 25.9. The van der Waals surface area contributed by atoms with E-state index < -0.39 is 0 Å². The summed E-state index contributed by atoms with van der Waals surface area (Å²) < 4.78 is 0. The first kappa shape index (κ1) is 12.6. The third-order valence-corrected chi connectivity index (χ3v) is 2.09. The van der Waals surface area contributed by atoms with Gasteiger partial charge in [0, 0.05) is 12.4 Å². The molecule has 0 N–H and O–H groups in total. The van der Waals surface area contributed by atoms with Crippen LogP contribution in [0.15, 0.2) is 24.5 Å². The Bertz CT molecular complexity index is 329. The highest BCUT2D eigenvalue weighted by molar-refractivity contribution is 5.92. The Labute approximate surface area is 94.9 Å². The van der Waals surface area contributed by atoms with Crippen LogP contribution >= 0.6 is 0 Å². The molecule has 1 aromatic heterocycles. The first-order valence-electron chi connectivity index (χ1n) is 5.14. The molecule has 0 aliphatic heterocycles. The molecule has 0 aliphatic carbocycles. The molecule has 16 heavy (non-hydrogen) atoms. The molecule has 1 atom stereocenters. The SMILES string of the molecule is CCC(C)ON(OC)C(=O)c1cccnc1. The molecule has 1 heterocycles. The van der Waals surface area contributed by atoms with Crippen LogP contribution in [0.2, 0.25) is 0 Å². The zero-order chi connectivity index (χ0) is 12.0. The molecule has 0 aliphatic rings. The van der Waals surface area contributed by atoms with Crippen LogP contribution in [0.25, 0.3) is 0 Å². The van der Waals surface area contributed by atoms with Crippen LogP contribution < -0.4 is 0 Å². The lowest BCUT2D eigenvalue weighted by Gasteiger charge is -2.21. The summed E-state index contributed by atoms with van der Waals surface area (Å²) in [5.41, 5.74) is 0.424. The van der Waals surface area contributed by atoms with Crippen LogP contribution in [-0.4, -0.2) is 29.3 Å². The van der Waals surface area contributed by atoms with Gasteiger partial charge >= 0.3 is 5.91 Å². The van der Waals surface area contributed by atoms with Gasteiger partial charge in [0.05, 0.1) is 18.8 Å². The summed E-state index contributed by atoms with van der Waals surface area (Å²) in [6, 6.07) is 3.34. The molecule has 1 amide bonds. The highest BCUT2D eigenvalue weighted by Crippen LogP contribution is 2.07. The average molecular weight is 224 g/mol. The summed E-state index contributed by atoms with van der Waals surface area (Å²) in [6.07, 6.45) is 3.78. The Balaban J connectivity index is 2.70. The van der Waals surface area contributed by atoms with E-state index in [0.717, 1.165) is 11.6 Å². The number of nitrogens with zero attached hydrogens (tertiary/aromatic N) is 2. The van der Waals surface area contributed by atoms with Crippen LogP contribution in [-0.2, 0) is 9.68 Å². The summed E-state index contributed by atoms with van der Waals surface area (Å²) in [5.74, 6) is -0.365. The fourth-order valence-electron chi connectivity index (χ4n) is 1.01. The van der Waals surface area contributed by atoms with Crippen LogP contribution in [0.1, 0.15) is 30.6 Å². The van der Waals surface area contributed by atoms with Crippen molar-refractivity contribution in [1.29, 1.82) is 0 Å². The molecule has 0 aromatic carbocycles. The second-order valence-electron chi connectivity index (χ2n) is 3.31. The van der Waals surface area contributed by atoms with Gasteiger partial charge in [-0.1, -0.05) is 12.2 Å². The molecule has 1 aromatic rings. The molecule has 0 spiro atoms. The van der Waals surface area contributed by atoms with Crippen molar-refractivity contribution in [3.05, 3.63) is 30.1 Å². The highest BCUT2D eigenvalue weighted by atomic mass is 17.0. The third-order valence-electron chi connectivity index (χ3n) is 2.09. The smallest absolute Gasteiger partial charge is 0.264 e. The summed E-state index contributed by atoms with van der Waals surface area (Å²) in [6.45, 7) is 3.83. The van der Waals surface area contributed by atoms with Crippen LogP contribution in [0.3, 0.4) is 0 Å². The predicted octanol–water partition coefficient (Wildman–Crippen LogP) is 1.82. The average Bonchev–Trinajstić information content (AvgIpc) is 2.35. The van der Waals surface area contributed by atoms with E-state index in [1.807, 2.05) is 13.8 Å². The highest BCUT2D eigenvalue weighted by Gasteiger charge is 2.18. The quantitative estimate of drug-likeness (QED) is 0.716. The van der Waals surface area contributed by atoms with Crippen molar-refractivity contribution < 1.29 is 14.5 Å². The number of rotatable bonds is 5. The Morgan fingerprint density at radius 1 is 1.62 bits per heavy atom. The lowest BCUT2D eigenvalue weighted by atomic mass is 10.3. The number of carbonyl (C=O) groups is 1. The van der Waals surface area contributed by atoms with E-state index in [1.54, 1.807) is 18.3 Å². The first-order valence-corrected chi connectivity index (χ1v) is 5.14.